The smallest absolute Gasteiger partial charge is 0.0623 e. The molecule has 1 aliphatic heterocycles. The molecule has 0 amide bonds. The van der Waals surface area contributed by atoms with E-state index in [-0.39, 0.29) is 0 Å². The van der Waals surface area contributed by atoms with Gasteiger partial charge in [0.1, 0.15) is 0 Å². The van der Waals surface area contributed by atoms with Crippen LogP contribution in [-0.2, 0) is 4.74 Å². The summed E-state index contributed by atoms with van der Waals surface area (Å²) in [6.07, 6.45) is 4.12. The lowest BCUT2D eigenvalue weighted by molar-refractivity contribution is 0.181. The molecule has 2 N–H and O–H groups in total. The standard InChI is InChI=1S/C13H26N2O/c1-3-14-13-9-16-8-11(13)7-15-12-5-4-10(2)6-12/h10-15H,3-9H2,1-2H3. The molecule has 0 aromatic heterocycles. The maximum absolute atomic E-state index is 5.56. The van der Waals surface area contributed by atoms with Crippen molar-refractivity contribution in [3.8, 4) is 0 Å². The highest BCUT2D eigenvalue weighted by molar-refractivity contribution is 4.85. The maximum Gasteiger partial charge on any atom is 0.0623 e. The van der Waals surface area contributed by atoms with Crippen LogP contribution in [0.4, 0.5) is 0 Å². The Kier molecular flexibility index (Phi) is 4.62. The molecule has 0 aromatic carbocycles. The minimum absolute atomic E-state index is 0.566. The molecule has 0 aromatic rings. The Morgan fingerprint density at radius 2 is 2.06 bits per heavy atom. The van der Waals surface area contributed by atoms with Crippen LogP contribution >= 0.6 is 0 Å². The Bertz CT molecular complexity index is 210. The lowest BCUT2D eigenvalue weighted by atomic mass is 10.0. The number of hydrogen-bond donors (Lipinski definition) is 2. The van der Waals surface area contributed by atoms with Crippen molar-refractivity contribution in [3.05, 3.63) is 0 Å². The quantitative estimate of drug-likeness (QED) is 0.743. The summed E-state index contributed by atoms with van der Waals surface area (Å²) >= 11 is 0. The SMILES string of the molecule is CCNC1COCC1CNC1CCC(C)C1. The van der Waals surface area contributed by atoms with Crippen LogP contribution in [0.1, 0.15) is 33.1 Å². The monoisotopic (exact) mass is 226 g/mol. The highest BCUT2D eigenvalue weighted by Crippen LogP contribution is 2.25. The summed E-state index contributed by atoms with van der Waals surface area (Å²) in [4.78, 5) is 0. The van der Waals surface area contributed by atoms with E-state index in [4.69, 9.17) is 4.74 Å². The summed E-state index contributed by atoms with van der Waals surface area (Å²) in [5.74, 6) is 1.58. The van der Waals surface area contributed by atoms with Crippen LogP contribution in [0, 0.1) is 11.8 Å². The zero-order valence-corrected chi connectivity index (χ0v) is 10.7. The van der Waals surface area contributed by atoms with Crippen LogP contribution in [0.5, 0.6) is 0 Å². The van der Waals surface area contributed by atoms with Gasteiger partial charge in [-0.1, -0.05) is 13.8 Å². The number of rotatable bonds is 5. The summed E-state index contributed by atoms with van der Waals surface area (Å²) in [5.41, 5.74) is 0. The van der Waals surface area contributed by atoms with Crippen molar-refractivity contribution in [2.75, 3.05) is 26.3 Å². The van der Waals surface area contributed by atoms with Crippen LogP contribution < -0.4 is 10.6 Å². The van der Waals surface area contributed by atoms with Crippen molar-refractivity contribution in [1.82, 2.24) is 10.6 Å². The second kappa shape index (κ2) is 5.99. The molecule has 2 fully saturated rings. The van der Waals surface area contributed by atoms with Gasteiger partial charge < -0.3 is 15.4 Å². The van der Waals surface area contributed by atoms with Crippen LogP contribution in [0.3, 0.4) is 0 Å². The predicted octanol–water partition coefficient (Wildman–Crippen LogP) is 1.39. The van der Waals surface area contributed by atoms with Crippen LogP contribution in [0.25, 0.3) is 0 Å². The fraction of sp³-hybridized carbons (Fsp3) is 1.00. The third-order valence-electron chi connectivity index (χ3n) is 4.03. The van der Waals surface area contributed by atoms with E-state index < -0.39 is 0 Å². The minimum Gasteiger partial charge on any atom is -0.379 e. The van der Waals surface area contributed by atoms with Gasteiger partial charge in [0, 0.05) is 24.5 Å². The Labute approximate surface area is 99.3 Å². The predicted molar refractivity (Wildman–Crippen MR) is 66.6 cm³/mol. The van der Waals surface area contributed by atoms with E-state index in [1.807, 2.05) is 0 Å². The molecule has 0 radical (unpaired) electrons. The van der Waals surface area contributed by atoms with Crippen molar-refractivity contribution in [3.63, 3.8) is 0 Å². The van der Waals surface area contributed by atoms with Gasteiger partial charge >= 0.3 is 0 Å². The summed E-state index contributed by atoms with van der Waals surface area (Å²) in [6, 6.07) is 1.33. The highest BCUT2D eigenvalue weighted by atomic mass is 16.5. The van der Waals surface area contributed by atoms with E-state index in [2.05, 4.69) is 24.5 Å². The number of likely N-dealkylation sites (N-methyl/N-ethyl adjacent to an activating group) is 1. The third kappa shape index (κ3) is 3.19. The van der Waals surface area contributed by atoms with Gasteiger partial charge in [0.2, 0.25) is 0 Å². The zero-order chi connectivity index (χ0) is 11.4. The first-order valence-electron chi connectivity index (χ1n) is 6.84. The Balaban J connectivity index is 1.68. The summed E-state index contributed by atoms with van der Waals surface area (Å²) in [7, 11) is 0. The molecular formula is C13H26N2O. The average molecular weight is 226 g/mol. The van der Waals surface area contributed by atoms with Crippen molar-refractivity contribution < 1.29 is 4.74 Å². The first-order chi connectivity index (χ1) is 7.79. The lowest BCUT2D eigenvalue weighted by Gasteiger charge is -2.21. The van der Waals surface area contributed by atoms with E-state index in [1.54, 1.807) is 0 Å². The van der Waals surface area contributed by atoms with Crippen LogP contribution in [0.2, 0.25) is 0 Å². The summed E-state index contributed by atoms with van der Waals surface area (Å²) in [6.45, 7) is 8.51. The molecule has 0 bridgehead atoms. The average Bonchev–Trinajstić information content (AvgIpc) is 2.85. The molecule has 0 spiro atoms. The molecule has 1 saturated carbocycles. The zero-order valence-electron chi connectivity index (χ0n) is 10.7. The largest absolute Gasteiger partial charge is 0.379 e. The second-order valence-corrected chi connectivity index (χ2v) is 5.49. The van der Waals surface area contributed by atoms with E-state index in [1.165, 1.54) is 19.3 Å². The molecule has 1 saturated heterocycles. The van der Waals surface area contributed by atoms with E-state index in [9.17, 15) is 0 Å². The van der Waals surface area contributed by atoms with Gasteiger partial charge in [0.15, 0.2) is 0 Å². The molecule has 1 heterocycles. The van der Waals surface area contributed by atoms with Gasteiger partial charge in [-0.15, -0.1) is 0 Å². The number of nitrogens with one attached hydrogen (secondary N) is 2. The Hall–Kier alpha value is -0.120. The van der Waals surface area contributed by atoms with Crippen molar-refractivity contribution in [1.29, 1.82) is 0 Å². The van der Waals surface area contributed by atoms with Gasteiger partial charge in [-0.05, 0) is 31.7 Å². The molecule has 4 atom stereocenters. The first-order valence-corrected chi connectivity index (χ1v) is 6.84. The third-order valence-corrected chi connectivity index (χ3v) is 4.03. The normalized spacial score (nSPS) is 39.4. The Morgan fingerprint density at radius 1 is 1.19 bits per heavy atom. The van der Waals surface area contributed by atoms with Crippen molar-refractivity contribution in [2.24, 2.45) is 11.8 Å². The number of hydrogen-bond acceptors (Lipinski definition) is 3. The maximum atomic E-state index is 5.56. The van der Waals surface area contributed by atoms with Gasteiger partial charge in [-0.25, -0.2) is 0 Å². The lowest BCUT2D eigenvalue weighted by Crippen LogP contribution is -2.42. The molecule has 2 rings (SSSR count). The van der Waals surface area contributed by atoms with Crippen LogP contribution in [-0.4, -0.2) is 38.4 Å². The van der Waals surface area contributed by atoms with E-state index in [0.29, 0.717) is 12.0 Å². The van der Waals surface area contributed by atoms with Gasteiger partial charge in [-0.3, -0.25) is 0 Å². The fourth-order valence-corrected chi connectivity index (χ4v) is 3.00. The second-order valence-electron chi connectivity index (χ2n) is 5.49. The van der Waals surface area contributed by atoms with Gasteiger partial charge in [0.25, 0.3) is 0 Å². The first kappa shape index (κ1) is 12.3. The molecule has 16 heavy (non-hydrogen) atoms. The molecule has 3 heteroatoms. The summed E-state index contributed by atoms with van der Waals surface area (Å²) in [5, 5.41) is 7.24. The van der Waals surface area contributed by atoms with E-state index >= 15 is 0 Å². The Morgan fingerprint density at radius 3 is 2.75 bits per heavy atom. The highest BCUT2D eigenvalue weighted by Gasteiger charge is 2.29. The van der Waals surface area contributed by atoms with Crippen molar-refractivity contribution >= 4 is 0 Å². The molecule has 3 nitrogen and oxygen atoms in total. The molecule has 1 aliphatic carbocycles. The summed E-state index contributed by atoms with van der Waals surface area (Å²) < 4.78 is 5.56. The van der Waals surface area contributed by atoms with Gasteiger partial charge in [0.05, 0.1) is 13.2 Å². The van der Waals surface area contributed by atoms with Crippen LogP contribution in [0.15, 0.2) is 0 Å². The van der Waals surface area contributed by atoms with E-state index in [0.717, 1.165) is 38.3 Å². The molecular weight excluding hydrogens is 200 g/mol. The van der Waals surface area contributed by atoms with Gasteiger partial charge in [-0.2, -0.15) is 0 Å². The number of ether oxygens (including phenoxy) is 1. The fourth-order valence-electron chi connectivity index (χ4n) is 3.00. The van der Waals surface area contributed by atoms with Crippen molar-refractivity contribution in [2.45, 2.75) is 45.2 Å². The minimum atomic E-state index is 0.566. The topological polar surface area (TPSA) is 33.3 Å². The molecule has 94 valence electrons. The molecule has 4 unspecified atom stereocenters. The molecule has 2 aliphatic rings.